The molecule has 0 aromatic heterocycles. The van der Waals surface area contributed by atoms with Gasteiger partial charge in [0.1, 0.15) is 0 Å². The van der Waals surface area contributed by atoms with E-state index in [-0.39, 0.29) is 17.9 Å². The molecule has 1 saturated carbocycles. The molecule has 0 aliphatic heterocycles. The van der Waals surface area contributed by atoms with Gasteiger partial charge in [-0.2, -0.15) is 0 Å². The van der Waals surface area contributed by atoms with Crippen LogP contribution in [0.3, 0.4) is 0 Å². The Morgan fingerprint density at radius 1 is 1.14 bits per heavy atom. The zero-order valence-electron chi connectivity index (χ0n) is 13.0. The van der Waals surface area contributed by atoms with E-state index >= 15 is 0 Å². The van der Waals surface area contributed by atoms with Crippen LogP contribution in [0.25, 0.3) is 0 Å². The molecule has 2 rings (SSSR count). The molecule has 3 amide bonds. The number of hydrogen-bond donors (Lipinski definition) is 2. The molecule has 122 valence electrons. The molecule has 0 bridgehead atoms. The molecule has 0 saturated heterocycles. The number of carbonyl (C=O) groups is 3. The van der Waals surface area contributed by atoms with Gasteiger partial charge < -0.3 is 10.1 Å². The molecule has 6 nitrogen and oxygen atoms in total. The van der Waals surface area contributed by atoms with Gasteiger partial charge in [0.05, 0.1) is 5.92 Å². The number of esters is 1. The van der Waals surface area contributed by atoms with Crippen molar-refractivity contribution in [3.63, 3.8) is 0 Å². The summed E-state index contributed by atoms with van der Waals surface area (Å²) in [6.45, 7) is 1.48. The van der Waals surface area contributed by atoms with Gasteiger partial charge in [-0.1, -0.05) is 25.0 Å². The Labute approximate surface area is 130 Å². The number of urea groups is 1. The van der Waals surface area contributed by atoms with Crippen molar-refractivity contribution in [2.75, 3.05) is 0 Å². The third kappa shape index (κ3) is 4.86. The summed E-state index contributed by atoms with van der Waals surface area (Å²) in [5, 5.41) is 5.00. The van der Waals surface area contributed by atoms with Crippen LogP contribution in [0.5, 0.6) is 0 Å². The Kier molecular flexibility index (Phi) is 5.98. The number of amides is 3. The Hall–Kier alpha value is -1.85. The minimum absolute atomic E-state index is 0.139. The Bertz CT molecular complexity index is 455. The van der Waals surface area contributed by atoms with E-state index in [2.05, 4.69) is 10.6 Å². The molecular formula is C16H24N2O4. The first-order chi connectivity index (χ1) is 10.6. The number of allylic oxidation sites excluding steroid dienone is 2. The van der Waals surface area contributed by atoms with Crippen LogP contribution in [-0.2, 0) is 14.3 Å². The van der Waals surface area contributed by atoms with E-state index in [1.165, 1.54) is 6.92 Å². The standard InChI is InChI=1S/C16H24N2O4/c1-11(22-15(20)12-7-3-2-4-8-12)14(19)18-16(21)17-13-9-5-6-10-13/h2-3,11-13H,4-10H2,1H3,(H2,17,18,19,21)/t11-,12+/m1/s1. The summed E-state index contributed by atoms with van der Waals surface area (Å²) in [5.41, 5.74) is 0. The lowest BCUT2D eigenvalue weighted by Crippen LogP contribution is -2.47. The summed E-state index contributed by atoms with van der Waals surface area (Å²) in [4.78, 5) is 35.5. The molecule has 2 atom stereocenters. The molecule has 2 aliphatic rings. The molecule has 0 aromatic carbocycles. The van der Waals surface area contributed by atoms with E-state index in [9.17, 15) is 14.4 Å². The summed E-state index contributed by atoms with van der Waals surface area (Å²) >= 11 is 0. The topological polar surface area (TPSA) is 84.5 Å². The van der Waals surface area contributed by atoms with Crippen LogP contribution in [-0.4, -0.2) is 30.1 Å². The highest BCUT2D eigenvalue weighted by atomic mass is 16.5. The van der Waals surface area contributed by atoms with Crippen molar-refractivity contribution in [1.29, 1.82) is 0 Å². The van der Waals surface area contributed by atoms with Gasteiger partial charge in [-0.25, -0.2) is 4.79 Å². The fraction of sp³-hybridized carbons (Fsp3) is 0.688. The number of rotatable bonds is 4. The van der Waals surface area contributed by atoms with Gasteiger partial charge in [-0.05, 0) is 39.0 Å². The van der Waals surface area contributed by atoms with Crippen molar-refractivity contribution in [1.82, 2.24) is 10.6 Å². The van der Waals surface area contributed by atoms with Crippen LogP contribution in [0.15, 0.2) is 12.2 Å². The predicted octanol–water partition coefficient (Wildman–Crippen LogP) is 2.04. The highest BCUT2D eigenvalue weighted by molar-refractivity contribution is 5.97. The maximum atomic E-state index is 11.9. The zero-order valence-corrected chi connectivity index (χ0v) is 13.0. The third-order valence-corrected chi connectivity index (χ3v) is 4.19. The summed E-state index contributed by atoms with van der Waals surface area (Å²) in [7, 11) is 0. The maximum absolute atomic E-state index is 11.9. The second-order valence-corrected chi connectivity index (χ2v) is 6.00. The molecular weight excluding hydrogens is 284 g/mol. The first kappa shape index (κ1) is 16.5. The van der Waals surface area contributed by atoms with E-state index in [1.807, 2.05) is 12.2 Å². The van der Waals surface area contributed by atoms with Crippen LogP contribution in [0.1, 0.15) is 51.9 Å². The van der Waals surface area contributed by atoms with Crippen LogP contribution in [0, 0.1) is 5.92 Å². The lowest BCUT2D eigenvalue weighted by molar-refractivity contribution is -0.158. The van der Waals surface area contributed by atoms with Gasteiger partial charge in [-0.15, -0.1) is 0 Å². The van der Waals surface area contributed by atoms with Crippen LogP contribution in [0.2, 0.25) is 0 Å². The van der Waals surface area contributed by atoms with E-state index < -0.39 is 18.0 Å². The van der Waals surface area contributed by atoms with Gasteiger partial charge in [0.25, 0.3) is 5.91 Å². The molecule has 22 heavy (non-hydrogen) atoms. The largest absolute Gasteiger partial charge is 0.452 e. The number of carbonyl (C=O) groups excluding carboxylic acids is 3. The summed E-state index contributed by atoms with van der Waals surface area (Å²) in [6, 6.07) is -0.375. The summed E-state index contributed by atoms with van der Waals surface area (Å²) < 4.78 is 5.16. The van der Waals surface area contributed by atoms with E-state index in [0.29, 0.717) is 6.42 Å². The van der Waals surface area contributed by atoms with Crippen molar-refractivity contribution in [2.24, 2.45) is 5.92 Å². The van der Waals surface area contributed by atoms with Crippen molar-refractivity contribution in [3.8, 4) is 0 Å². The molecule has 0 heterocycles. The molecule has 2 N–H and O–H groups in total. The van der Waals surface area contributed by atoms with Gasteiger partial charge in [-0.3, -0.25) is 14.9 Å². The molecule has 0 unspecified atom stereocenters. The van der Waals surface area contributed by atoms with E-state index in [1.54, 1.807) is 0 Å². The molecule has 0 radical (unpaired) electrons. The van der Waals surface area contributed by atoms with Crippen LogP contribution >= 0.6 is 0 Å². The van der Waals surface area contributed by atoms with Crippen molar-refractivity contribution in [2.45, 2.75) is 64.0 Å². The van der Waals surface area contributed by atoms with Crippen molar-refractivity contribution >= 4 is 17.9 Å². The first-order valence-corrected chi connectivity index (χ1v) is 8.03. The Morgan fingerprint density at radius 3 is 2.50 bits per heavy atom. The zero-order chi connectivity index (χ0) is 15.9. The smallest absolute Gasteiger partial charge is 0.321 e. The molecule has 0 aromatic rings. The minimum Gasteiger partial charge on any atom is -0.452 e. The highest BCUT2D eigenvalue weighted by Crippen LogP contribution is 2.20. The van der Waals surface area contributed by atoms with Gasteiger partial charge in [0.2, 0.25) is 0 Å². The highest BCUT2D eigenvalue weighted by Gasteiger charge is 2.26. The van der Waals surface area contributed by atoms with E-state index in [0.717, 1.165) is 38.5 Å². The van der Waals surface area contributed by atoms with Crippen molar-refractivity contribution in [3.05, 3.63) is 12.2 Å². The fourth-order valence-electron chi connectivity index (χ4n) is 2.84. The number of ether oxygens (including phenoxy) is 1. The number of nitrogens with one attached hydrogen (secondary N) is 2. The number of imide groups is 1. The predicted molar refractivity (Wildman–Crippen MR) is 81.0 cm³/mol. The molecule has 2 aliphatic carbocycles. The van der Waals surface area contributed by atoms with Gasteiger partial charge >= 0.3 is 12.0 Å². The number of hydrogen-bond acceptors (Lipinski definition) is 4. The van der Waals surface area contributed by atoms with Gasteiger partial charge in [0, 0.05) is 6.04 Å². The lowest BCUT2D eigenvalue weighted by Gasteiger charge is -2.20. The van der Waals surface area contributed by atoms with Crippen molar-refractivity contribution < 1.29 is 19.1 Å². The monoisotopic (exact) mass is 308 g/mol. The maximum Gasteiger partial charge on any atom is 0.321 e. The lowest BCUT2D eigenvalue weighted by atomic mass is 9.95. The van der Waals surface area contributed by atoms with E-state index in [4.69, 9.17) is 4.74 Å². The second kappa shape index (κ2) is 7.96. The average molecular weight is 308 g/mol. The second-order valence-electron chi connectivity index (χ2n) is 6.00. The first-order valence-electron chi connectivity index (χ1n) is 8.03. The minimum atomic E-state index is -0.965. The molecule has 1 fully saturated rings. The third-order valence-electron chi connectivity index (χ3n) is 4.19. The van der Waals surface area contributed by atoms with Gasteiger partial charge in [0.15, 0.2) is 6.10 Å². The Balaban J connectivity index is 1.72. The summed E-state index contributed by atoms with van der Waals surface area (Å²) in [6.07, 6.45) is 9.36. The normalized spacial score (nSPS) is 22.9. The Morgan fingerprint density at radius 2 is 1.86 bits per heavy atom. The van der Waals surface area contributed by atoms with Crippen LogP contribution in [0.4, 0.5) is 4.79 Å². The quantitative estimate of drug-likeness (QED) is 0.615. The SMILES string of the molecule is C[C@@H](OC(=O)[C@H]1CC=CCC1)C(=O)NC(=O)NC1CCCC1. The van der Waals surface area contributed by atoms with Crippen LogP contribution < -0.4 is 10.6 Å². The molecule has 6 heteroatoms. The fourth-order valence-corrected chi connectivity index (χ4v) is 2.84. The average Bonchev–Trinajstić information content (AvgIpc) is 3.00. The summed E-state index contributed by atoms with van der Waals surface area (Å²) in [5.74, 6) is -1.15. The molecule has 0 spiro atoms.